The van der Waals surface area contributed by atoms with Crippen LogP contribution in [0.3, 0.4) is 0 Å². The summed E-state index contributed by atoms with van der Waals surface area (Å²) in [5.74, 6) is -8.36. The highest BCUT2D eigenvalue weighted by atomic mass is 32.1. The highest BCUT2D eigenvalue weighted by Gasteiger charge is 2.38. The summed E-state index contributed by atoms with van der Waals surface area (Å²) in [4.78, 5) is 142. The third kappa shape index (κ3) is 17.4. The molecule has 14 N–H and O–H groups in total. The highest BCUT2D eigenvalue weighted by Crippen LogP contribution is 2.23. The number of H-pyrrole nitrogens is 2. The summed E-state index contributed by atoms with van der Waals surface area (Å²) in [6.07, 6.45) is 3.61. The lowest BCUT2D eigenvalue weighted by Gasteiger charge is -2.28. The van der Waals surface area contributed by atoms with Crippen LogP contribution in [0.4, 0.5) is 0 Å². The van der Waals surface area contributed by atoms with Crippen molar-refractivity contribution >= 4 is 106 Å². The smallest absolute Gasteiger partial charge is 0.327 e. The number of likely N-dealkylation sites (tertiary alicyclic amines) is 1. The number of hydrogen-bond donors (Lipinski definition) is 14. The number of aromatic nitrogens is 2. The summed E-state index contributed by atoms with van der Waals surface area (Å²) in [6.45, 7) is 6.92. The van der Waals surface area contributed by atoms with E-state index in [4.69, 9.17) is 11.5 Å². The van der Waals surface area contributed by atoms with E-state index in [1.165, 1.54) is 4.90 Å². The summed E-state index contributed by atoms with van der Waals surface area (Å²) >= 11 is 8.08. The number of benzene rings is 2. The largest absolute Gasteiger partial charge is 0.480 e. The second-order valence-corrected chi connectivity index (χ2v) is 20.8. The van der Waals surface area contributed by atoms with Crippen LogP contribution in [-0.4, -0.2) is 152 Å². The van der Waals surface area contributed by atoms with Crippen LogP contribution in [0, 0.1) is 11.8 Å². The van der Waals surface area contributed by atoms with Gasteiger partial charge in [0.15, 0.2) is 0 Å². The van der Waals surface area contributed by atoms with Gasteiger partial charge < -0.3 is 68.7 Å². The average Bonchev–Trinajstić information content (AvgIpc) is 4.17. The molecule has 1 aliphatic heterocycles. The second kappa shape index (κ2) is 28.9. The van der Waals surface area contributed by atoms with Crippen LogP contribution in [0.2, 0.25) is 0 Å². The standard InChI is InChI=1S/C52H72N12O11S2/c1-27(2)18-37(46(68)57-24-44(66)64-17-9-14-42(64)51(73)62-38(19-28(3)4)48(70)63-41(26-77)52(74)75)59-49(71)40(21-30-23-56-35-13-8-6-11-32(30)35)61-50(72)39(20-29-22-55-34-12-7-5-10-31(29)34)60-47(69)36(15-16-43(54)65)58-45(67)33(53)25-76/h5-8,10-13,22-23,27-28,33,36-42,55-56,76-77H,9,14-21,24-26,53H2,1-4H3,(H2,54,65)(H,57,68)(H,58,67)(H,59,71)(H,60,69)(H,61,72)(H,62,73)(H,63,70)(H,74,75)/t33-,36-,37-,38-,39-,40-,41-,42-/m0/s1. The molecular weight excluding hydrogens is 1030 g/mol. The van der Waals surface area contributed by atoms with Crippen LogP contribution >= 0.6 is 25.3 Å². The van der Waals surface area contributed by atoms with E-state index in [1.807, 2.05) is 70.2 Å². The minimum Gasteiger partial charge on any atom is -0.480 e. The van der Waals surface area contributed by atoms with Gasteiger partial charge in [-0.3, -0.25) is 43.2 Å². The fraction of sp³-hybridized carbons (Fsp3) is 0.500. The van der Waals surface area contributed by atoms with Gasteiger partial charge in [-0.25, -0.2) is 4.79 Å². The lowest BCUT2D eigenvalue weighted by Crippen LogP contribution is -2.60. The molecule has 9 amide bonds. The number of carbonyl (C=O) groups excluding carboxylic acids is 9. The maximum atomic E-state index is 14.8. The number of primary amides is 1. The third-order valence-electron chi connectivity index (χ3n) is 13.1. The van der Waals surface area contributed by atoms with Crippen LogP contribution in [-0.2, 0) is 60.8 Å². The quantitative estimate of drug-likeness (QED) is 0.0322. The molecule has 4 aromatic rings. The SMILES string of the molecule is CC(C)C[C@H](NC(=O)[C@H](Cc1c[nH]c2ccccc12)NC(=O)[C@H](Cc1c[nH]c2ccccc12)NC(=O)[C@H](CCC(N)=O)NC(=O)[C@@H](N)CS)C(=O)NCC(=O)N1CCC[C@H]1C(=O)N[C@@H](CC(C)C)C(=O)N[C@@H](CS)C(=O)O. The Morgan fingerprint density at radius 1 is 0.636 bits per heavy atom. The lowest BCUT2D eigenvalue weighted by molar-refractivity contribution is -0.142. The first kappa shape index (κ1) is 60.7. The van der Waals surface area contributed by atoms with Gasteiger partial charge in [-0.15, -0.1) is 0 Å². The summed E-state index contributed by atoms with van der Waals surface area (Å²) in [7, 11) is 0. The molecule has 0 spiro atoms. The van der Waals surface area contributed by atoms with Crippen molar-refractivity contribution in [3.8, 4) is 0 Å². The molecule has 2 aromatic carbocycles. The monoisotopic (exact) mass is 1100 g/mol. The fourth-order valence-electron chi connectivity index (χ4n) is 9.05. The minimum absolute atomic E-state index is 0.0559. The van der Waals surface area contributed by atoms with E-state index < -0.39 is 114 Å². The first-order chi connectivity index (χ1) is 36.6. The van der Waals surface area contributed by atoms with Gasteiger partial charge in [-0.2, -0.15) is 25.3 Å². The van der Waals surface area contributed by atoms with Crippen molar-refractivity contribution in [2.75, 3.05) is 24.6 Å². The molecule has 0 saturated carbocycles. The Kier molecular flexibility index (Phi) is 22.8. The molecule has 418 valence electrons. The van der Waals surface area contributed by atoms with E-state index in [2.05, 4.69) is 72.4 Å². The Balaban J connectivity index is 1.38. The van der Waals surface area contributed by atoms with Crippen LogP contribution in [0.5, 0.6) is 0 Å². The molecule has 0 bridgehead atoms. The molecule has 0 unspecified atom stereocenters. The molecule has 1 aliphatic rings. The van der Waals surface area contributed by atoms with Crippen molar-refractivity contribution in [2.24, 2.45) is 23.3 Å². The van der Waals surface area contributed by atoms with Crippen molar-refractivity contribution in [3.63, 3.8) is 0 Å². The zero-order valence-corrected chi connectivity index (χ0v) is 45.3. The van der Waals surface area contributed by atoms with Crippen LogP contribution in [0.15, 0.2) is 60.9 Å². The predicted molar refractivity (Wildman–Crippen MR) is 294 cm³/mol. The number of fused-ring (bicyclic) bond motifs is 2. The van der Waals surface area contributed by atoms with E-state index in [-0.39, 0.29) is 74.8 Å². The molecule has 25 heteroatoms. The Bertz CT molecular complexity index is 2770. The van der Waals surface area contributed by atoms with Gasteiger partial charge in [0.05, 0.1) is 12.6 Å². The summed E-state index contributed by atoms with van der Waals surface area (Å²) in [5.41, 5.74) is 14.1. The number of aromatic amines is 2. The molecule has 3 heterocycles. The Labute approximate surface area is 456 Å². The zero-order valence-electron chi connectivity index (χ0n) is 43.6. The molecule has 0 radical (unpaired) electrons. The van der Waals surface area contributed by atoms with Gasteiger partial charge in [0.1, 0.15) is 42.3 Å². The number of nitrogens with one attached hydrogen (secondary N) is 9. The Morgan fingerprint density at radius 3 is 1.60 bits per heavy atom. The summed E-state index contributed by atoms with van der Waals surface area (Å²) < 4.78 is 0. The number of nitrogens with two attached hydrogens (primary N) is 2. The number of carboxylic acids is 1. The van der Waals surface area contributed by atoms with E-state index >= 15 is 0 Å². The topological polar surface area (TPSA) is 362 Å². The van der Waals surface area contributed by atoms with Crippen molar-refractivity contribution in [1.82, 2.24) is 52.1 Å². The number of amides is 9. The Hall–Kier alpha value is -7.12. The number of aliphatic carboxylic acids is 1. The van der Waals surface area contributed by atoms with Crippen molar-refractivity contribution < 1.29 is 53.1 Å². The van der Waals surface area contributed by atoms with Crippen molar-refractivity contribution in [3.05, 3.63) is 72.1 Å². The predicted octanol–water partition coefficient (Wildman–Crippen LogP) is 0.0796. The zero-order chi connectivity index (χ0) is 56.5. The third-order valence-corrected chi connectivity index (χ3v) is 13.8. The van der Waals surface area contributed by atoms with E-state index in [0.717, 1.165) is 21.8 Å². The number of carboxylic acid groups (broad SMARTS) is 1. The highest BCUT2D eigenvalue weighted by molar-refractivity contribution is 7.80. The number of para-hydroxylation sites is 2. The number of rotatable bonds is 29. The van der Waals surface area contributed by atoms with Gasteiger partial charge in [-0.1, -0.05) is 64.1 Å². The fourth-order valence-corrected chi connectivity index (χ4v) is 9.46. The molecule has 77 heavy (non-hydrogen) atoms. The number of hydrogen-bond acceptors (Lipinski definition) is 13. The van der Waals surface area contributed by atoms with Crippen LogP contribution in [0.1, 0.15) is 77.3 Å². The number of nitrogens with zero attached hydrogens (tertiary/aromatic N) is 1. The van der Waals surface area contributed by atoms with Crippen LogP contribution < -0.4 is 48.7 Å². The molecular formula is C52H72N12O11S2. The van der Waals surface area contributed by atoms with Gasteiger partial charge in [0.2, 0.25) is 53.2 Å². The molecule has 2 aromatic heterocycles. The Morgan fingerprint density at radius 2 is 1.10 bits per heavy atom. The molecule has 5 rings (SSSR count). The van der Waals surface area contributed by atoms with E-state index in [9.17, 15) is 53.1 Å². The van der Waals surface area contributed by atoms with Crippen LogP contribution in [0.25, 0.3) is 21.8 Å². The second-order valence-electron chi connectivity index (χ2n) is 20.0. The number of carbonyl (C=O) groups is 10. The first-order valence-electron chi connectivity index (χ1n) is 25.6. The van der Waals surface area contributed by atoms with Gasteiger partial charge in [0, 0.05) is 71.5 Å². The molecule has 8 atom stereocenters. The first-order valence-corrected chi connectivity index (χ1v) is 26.8. The molecule has 0 aliphatic carbocycles. The van der Waals surface area contributed by atoms with E-state index in [1.54, 1.807) is 18.5 Å². The maximum absolute atomic E-state index is 14.8. The lowest BCUT2D eigenvalue weighted by atomic mass is 9.99. The van der Waals surface area contributed by atoms with Crippen molar-refractivity contribution in [2.45, 2.75) is 127 Å². The maximum Gasteiger partial charge on any atom is 0.327 e. The normalized spacial score (nSPS) is 16.1. The molecule has 23 nitrogen and oxygen atoms in total. The number of thiol groups is 2. The summed E-state index contributed by atoms with van der Waals surface area (Å²) in [6, 6.07) is 4.70. The summed E-state index contributed by atoms with van der Waals surface area (Å²) in [5, 5.41) is 29.5. The van der Waals surface area contributed by atoms with Gasteiger partial charge >= 0.3 is 5.97 Å². The van der Waals surface area contributed by atoms with Crippen molar-refractivity contribution in [1.29, 1.82) is 0 Å². The average molecular weight is 1110 g/mol. The van der Waals surface area contributed by atoms with Gasteiger partial charge in [-0.05, 0) is 67.2 Å². The minimum atomic E-state index is -1.40. The molecule has 1 fully saturated rings. The van der Waals surface area contributed by atoms with E-state index in [0.29, 0.717) is 17.5 Å². The molecule has 1 saturated heterocycles. The van der Waals surface area contributed by atoms with Gasteiger partial charge in [0.25, 0.3) is 0 Å².